The van der Waals surface area contributed by atoms with Gasteiger partial charge in [0.2, 0.25) is 10.0 Å². The van der Waals surface area contributed by atoms with E-state index in [0.717, 1.165) is 0 Å². The number of nitrogens with zero attached hydrogens (tertiary/aromatic N) is 2. The highest BCUT2D eigenvalue weighted by Crippen LogP contribution is 2.44. The Morgan fingerprint density at radius 3 is 2.43 bits per heavy atom. The van der Waals surface area contributed by atoms with Crippen LogP contribution in [0.1, 0.15) is 32.0 Å². The number of esters is 1. The molecule has 7 nitrogen and oxygen atoms in total. The summed E-state index contributed by atoms with van der Waals surface area (Å²) in [6, 6.07) is 24.1. The van der Waals surface area contributed by atoms with Crippen LogP contribution < -0.4 is 4.74 Å². The first-order chi connectivity index (χ1) is 18.9. The molecule has 37 heavy (non-hydrogen) atoms. The molecule has 0 radical (unpaired) electrons. The first-order valence-electron chi connectivity index (χ1n) is 13.6. The van der Waals surface area contributed by atoms with E-state index in [1.165, 1.54) is 10.4 Å². The maximum absolute atomic E-state index is 13.5. The minimum Gasteiger partial charge on any atom is -0.497 e. The second-order valence-electron chi connectivity index (χ2n) is 9.58. The monoisotopic (exact) mass is 525 g/mol. The third-order valence-corrected chi connectivity index (χ3v) is 8.53. The third-order valence-electron chi connectivity index (χ3n) is 6.71. The lowest BCUT2D eigenvalue weighted by Gasteiger charge is -2.47. The van der Waals surface area contributed by atoms with Crippen LogP contribution in [0.15, 0.2) is 84.9 Å². The molecule has 2 atom stereocenters. The molecule has 1 heterocycles. The van der Waals surface area contributed by atoms with Gasteiger partial charge in [-0.05, 0) is 49.5 Å². The van der Waals surface area contributed by atoms with Crippen LogP contribution in [0.2, 0.25) is 0 Å². The fourth-order valence-electron chi connectivity index (χ4n) is 4.95. The molecule has 0 N–H and O–H groups in total. The summed E-state index contributed by atoms with van der Waals surface area (Å²) in [6.45, 7) is 0.634. The number of ether oxygens (including phenoxy) is 2. The van der Waals surface area contributed by atoms with Crippen molar-refractivity contribution in [2.24, 2.45) is 5.92 Å². The lowest BCUT2D eigenvalue weighted by atomic mass is 9.75. The van der Waals surface area contributed by atoms with Crippen LogP contribution in [0.25, 0.3) is 0 Å². The number of methoxy groups -OCH3 is 1. The molecule has 8 heteroatoms. The SMILES string of the molecule is [2H]C([2H])([2H])Oc1cccc(C2(OC(=O)c3ccccc3)CCN(S(=O)(=O)Cc3ccccc3)CC2CN(C)C)c1. The number of hydrogen-bond acceptors (Lipinski definition) is 6. The van der Waals surface area contributed by atoms with Gasteiger partial charge in [-0.25, -0.2) is 17.5 Å². The summed E-state index contributed by atoms with van der Waals surface area (Å²) in [5.74, 6) is -1.05. The highest BCUT2D eigenvalue weighted by atomic mass is 32.2. The topological polar surface area (TPSA) is 76.1 Å². The Kier molecular flexibility index (Phi) is 7.11. The number of carbonyl (C=O) groups is 1. The normalized spacial score (nSPS) is 22.0. The molecule has 1 saturated heterocycles. The quantitative estimate of drug-likeness (QED) is 0.391. The highest BCUT2D eigenvalue weighted by molar-refractivity contribution is 7.88. The fourth-order valence-corrected chi connectivity index (χ4v) is 6.52. The molecule has 0 amide bonds. The maximum atomic E-state index is 13.5. The van der Waals surface area contributed by atoms with E-state index >= 15 is 0 Å². The molecule has 4 rings (SSSR count). The highest BCUT2D eigenvalue weighted by Gasteiger charge is 2.50. The van der Waals surface area contributed by atoms with Gasteiger partial charge in [-0.2, -0.15) is 0 Å². The average Bonchev–Trinajstić information content (AvgIpc) is 2.89. The first kappa shape index (κ1) is 23.0. The van der Waals surface area contributed by atoms with Gasteiger partial charge in [0.15, 0.2) is 0 Å². The first-order valence-corrected chi connectivity index (χ1v) is 13.7. The molecule has 0 aromatic heterocycles. The molecule has 0 spiro atoms. The van der Waals surface area contributed by atoms with Crippen molar-refractivity contribution in [3.63, 3.8) is 0 Å². The summed E-state index contributed by atoms with van der Waals surface area (Å²) in [7, 11) is -2.60. The van der Waals surface area contributed by atoms with Crippen LogP contribution in [-0.4, -0.2) is 64.4 Å². The number of benzene rings is 3. The summed E-state index contributed by atoms with van der Waals surface area (Å²) < 4.78 is 62.6. The van der Waals surface area contributed by atoms with Crippen molar-refractivity contribution >= 4 is 16.0 Å². The molecule has 196 valence electrons. The van der Waals surface area contributed by atoms with Gasteiger partial charge < -0.3 is 14.4 Å². The molecule has 0 bridgehead atoms. The summed E-state index contributed by atoms with van der Waals surface area (Å²) >= 11 is 0. The zero-order valence-corrected chi connectivity index (χ0v) is 21.9. The van der Waals surface area contributed by atoms with Crippen molar-refractivity contribution in [3.8, 4) is 5.75 Å². The van der Waals surface area contributed by atoms with E-state index in [1.807, 2.05) is 25.1 Å². The molecule has 0 aliphatic carbocycles. The zero-order valence-electron chi connectivity index (χ0n) is 24.0. The lowest BCUT2D eigenvalue weighted by Crippen LogP contribution is -2.56. The van der Waals surface area contributed by atoms with Crippen molar-refractivity contribution in [3.05, 3.63) is 102 Å². The van der Waals surface area contributed by atoms with Crippen molar-refractivity contribution < 1.29 is 26.8 Å². The van der Waals surface area contributed by atoms with Crippen LogP contribution in [0, 0.1) is 5.92 Å². The van der Waals surface area contributed by atoms with Gasteiger partial charge in [0, 0.05) is 32.0 Å². The largest absolute Gasteiger partial charge is 0.497 e. The average molecular weight is 526 g/mol. The minimum absolute atomic E-state index is 0.107. The Morgan fingerprint density at radius 2 is 1.76 bits per heavy atom. The van der Waals surface area contributed by atoms with Crippen molar-refractivity contribution in [2.45, 2.75) is 17.8 Å². The van der Waals surface area contributed by atoms with Crippen molar-refractivity contribution in [2.75, 3.05) is 40.8 Å². The van der Waals surface area contributed by atoms with Gasteiger partial charge in [0.25, 0.3) is 0 Å². The molecular formula is C29H34N2O5S. The van der Waals surface area contributed by atoms with E-state index < -0.39 is 34.5 Å². The van der Waals surface area contributed by atoms with Crippen LogP contribution in [0.4, 0.5) is 0 Å². The smallest absolute Gasteiger partial charge is 0.339 e. The number of piperidine rings is 1. The van der Waals surface area contributed by atoms with Gasteiger partial charge in [-0.3, -0.25) is 0 Å². The van der Waals surface area contributed by atoms with Crippen molar-refractivity contribution in [1.29, 1.82) is 0 Å². The van der Waals surface area contributed by atoms with Gasteiger partial charge in [-0.1, -0.05) is 60.7 Å². The van der Waals surface area contributed by atoms with Gasteiger partial charge in [-0.15, -0.1) is 0 Å². The fraction of sp³-hybridized carbons (Fsp3) is 0.345. The Labute approximate surface area is 223 Å². The number of hydrogen-bond donors (Lipinski definition) is 0. The Morgan fingerprint density at radius 1 is 1.05 bits per heavy atom. The second-order valence-corrected chi connectivity index (χ2v) is 11.6. The minimum atomic E-state index is -3.68. The van der Waals surface area contributed by atoms with E-state index in [4.69, 9.17) is 13.6 Å². The Hall–Kier alpha value is -3.20. The van der Waals surface area contributed by atoms with E-state index in [2.05, 4.69) is 0 Å². The molecule has 0 saturated carbocycles. The molecule has 2 unspecified atom stereocenters. The Bertz CT molecular complexity index is 1400. The van der Waals surface area contributed by atoms with E-state index in [-0.39, 0.29) is 31.0 Å². The standard InChI is InChI=1S/C29H34N2O5S/c1-30(2)20-26-21-31(37(33,34)22-23-11-6-4-7-12-23)18-17-29(26,25-15-10-16-27(19-25)35-3)36-28(32)24-13-8-5-9-14-24/h4-16,19,26H,17-18,20-22H2,1-3H3/i3D3. The van der Waals surface area contributed by atoms with Gasteiger partial charge in [0.05, 0.1) is 22.5 Å². The molecule has 3 aromatic carbocycles. The molecule has 1 fully saturated rings. The zero-order chi connectivity index (χ0) is 29.0. The van der Waals surface area contributed by atoms with Crippen LogP contribution in [-0.2, 0) is 26.1 Å². The number of carbonyl (C=O) groups excluding carboxylic acids is 1. The van der Waals surface area contributed by atoms with Crippen LogP contribution in [0.3, 0.4) is 0 Å². The van der Waals surface area contributed by atoms with E-state index in [0.29, 0.717) is 23.2 Å². The second kappa shape index (κ2) is 11.5. The van der Waals surface area contributed by atoms with Crippen LogP contribution >= 0.6 is 0 Å². The summed E-state index contributed by atoms with van der Waals surface area (Å²) in [5.41, 5.74) is 0.350. The predicted molar refractivity (Wildman–Crippen MR) is 144 cm³/mol. The van der Waals surface area contributed by atoms with Crippen LogP contribution in [0.5, 0.6) is 5.75 Å². The number of rotatable bonds is 9. The molecule has 1 aliphatic rings. The number of sulfonamides is 1. The maximum Gasteiger partial charge on any atom is 0.339 e. The Balaban J connectivity index is 1.75. The molecule has 1 aliphatic heterocycles. The molecular weight excluding hydrogens is 488 g/mol. The van der Waals surface area contributed by atoms with Gasteiger partial charge in [0.1, 0.15) is 11.4 Å². The third kappa shape index (κ3) is 6.21. The van der Waals surface area contributed by atoms with Crippen molar-refractivity contribution in [1.82, 2.24) is 9.21 Å². The lowest BCUT2D eigenvalue weighted by molar-refractivity contribution is -0.0880. The summed E-state index contributed by atoms with van der Waals surface area (Å²) in [5, 5.41) is 0. The summed E-state index contributed by atoms with van der Waals surface area (Å²) in [4.78, 5) is 15.4. The molecule has 3 aromatic rings. The van der Waals surface area contributed by atoms with E-state index in [1.54, 1.807) is 72.8 Å². The summed E-state index contributed by atoms with van der Waals surface area (Å²) in [6.07, 6.45) is 0.176. The predicted octanol–water partition coefficient (Wildman–Crippen LogP) is 4.16. The van der Waals surface area contributed by atoms with Gasteiger partial charge >= 0.3 is 5.97 Å². The van der Waals surface area contributed by atoms with E-state index in [9.17, 15) is 13.2 Å².